The van der Waals surface area contributed by atoms with Crippen LogP contribution in [0.2, 0.25) is 0 Å². The summed E-state index contributed by atoms with van der Waals surface area (Å²) < 4.78 is 2.45. The third kappa shape index (κ3) is 4.81. The summed E-state index contributed by atoms with van der Waals surface area (Å²) in [7, 11) is 0. The average molecular weight is 687 g/mol. The molecule has 54 heavy (non-hydrogen) atoms. The predicted molar refractivity (Wildman–Crippen MR) is 231 cm³/mol. The van der Waals surface area contributed by atoms with E-state index in [0.29, 0.717) is 0 Å². The zero-order valence-electron chi connectivity index (χ0n) is 29.5. The molecule has 0 saturated heterocycles. The largest absolute Gasteiger partial charge is 0.310 e. The van der Waals surface area contributed by atoms with E-state index in [2.05, 4.69) is 216 Å². The van der Waals surface area contributed by atoms with E-state index in [1.807, 2.05) is 0 Å². The van der Waals surface area contributed by atoms with Gasteiger partial charge in [-0.2, -0.15) is 0 Å². The molecule has 11 aromatic rings. The maximum absolute atomic E-state index is 2.46. The molecule has 0 bridgehead atoms. The van der Waals surface area contributed by atoms with Crippen molar-refractivity contribution in [1.29, 1.82) is 0 Å². The number of rotatable bonds is 5. The standard InChI is InChI=1S/C52H34N2/c1-2-15-42(16-3-1)54-50-20-10-19-49(51(50)47-32-28-38-13-7-9-18-46(38)52(47)54)53(44-31-27-39-23-22-37-12-6-8-17-45(37)48(39)34-44)43-29-25-36(26-30-43)41-24-21-35-11-4-5-14-40(35)33-41/h1-34H. The van der Waals surface area contributed by atoms with Crippen molar-refractivity contribution in [2.75, 3.05) is 4.90 Å². The third-order valence-electron chi connectivity index (χ3n) is 11.1. The normalized spacial score (nSPS) is 11.7. The van der Waals surface area contributed by atoms with Crippen molar-refractivity contribution in [2.45, 2.75) is 0 Å². The Labute approximate surface area is 313 Å². The molecule has 0 aliphatic heterocycles. The second-order valence-corrected chi connectivity index (χ2v) is 14.2. The minimum Gasteiger partial charge on any atom is -0.310 e. The monoisotopic (exact) mass is 686 g/mol. The molecule has 2 heteroatoms. The summed E-state index contributed by atoms with van der Waals surface area (Å²) in [6.07, 6.45) is 0. The number of aromatic nitrogens is 1. The Hall–Kier alpha value is -7.16. The Morgan fingerprint density at radius 2 is 0.926 bits per heavy atom. The number of nitrogens with zero attached hydrogens (tertiary/aromatic N) is 2. The second kappa shape index (κ2) is 12.2. The van der Waals surface area contributed by atoms with Gasteiger partial charge in [-0.15, -0.1) is 0 Å². The van der Waals surface area contributed by atoms with Crippen LogP contribution in [-0.4, -0.2) is 4.57 Å². The van der Waals surface area contributed by atoms with E-state index in [9.17, 15) is 0 Å². The molecule has 11 rings (SSSR count). The van der Waals surface area contributed by atoms with Crippen molar-refractivity contribution in [3.63, 3.8) is 0 Å². The van der Waals surface area contributed by atoms with E-state index in [1.165, 1.54) is 76.0 Å². The first-order chi connectivity index (χ1) is 26.8. The molecule has 252 valence electrons. The smallest absolute Gasteiger partial charge is 0.0620 e. The third-order valence-corrected chi connectivity index (χ3v) is 11.1. The van der Waals surface area contributed by atoms with Crippen LogP contribution in [0.25, 0.3) is 81.7 Å². The summed E-state index contributed by atoms with van der Waals surface area (Å²) >= 11 is 0. The first-order valence-corrected chi connectivity index (χ1v) is 18.6. The lowest BCUT2D eigenvalue weighted by Gasteiger charge is -2.27. The molecule has 1 aromatic heterocycles. The van der Waals surface area contributed by atoms with Gasteiger partial charge in [-0.25, -0.2) is 0 Å². The van der Waals surface area contributed by atoms with Crippen molar-refractivity contribution >= 4 is 82.0 Å². The summed E-state index contributed by atoms with van der Waals surface area (Å²) in [5.74, 6) is 0. The van der Waals surface area contributed by atoms with Gasteiger partial charge in [0.05, 0.1) is 16.7 Å². The lowest BCUT2D eigenvalue weighted by molar-refractivity contribution is 1.18. The summed E-state index contributed by atoms with van der Waals surface area (Å²) in [5.41, 5.74) is 9.31. The van der Waals surface area contributed by atoms with E-state index in [1.54, 1.807) is 0 Å². The molecule has 1 heterocycles. The molecule has 0 saturated carbocycles. The summed E-state index contributed by atoms with van der Waals surface area (Å²) in [4.78, 5) is 2.46. The van der Waals surface area contributed by atoms with Gasteiger partial charge in [-0.3, -0.25) is 0 Å². The second-order valence-electron chi connectivity index (χ2n) is 14.2. The fraction of sp³-hybridized carbons (Fsp3) is 0. The van der Waals surface area contributed by atoms with Crippen molar-refractivity contribution < 1.29 is 0 Å². The van der Waals surface area contributed by atoms with Crippen LogP contribution in [0.1, 0.15) is 0 Å². The molecule has 0 fully saturated rings. The predicted octanol–water partition coefficient (Wildman–Crippen LogP) is 14.5. The van der Waals surface area contributed by atoms with Gasteiger partial charge >= 0.3 is 0 Å². The van der Waals surface area contributed by atoms with Gasteiger partial charge in [0.2, 0.25) is 0 Å². The Morgan fingerprint density at radius 1 is 0.333 bits per heavy atom. The maximum atomic E-state index is 2.46. The molecule has 0 aliphatic rings. The van der Waals surface area contributed by atoms with Gasteiger partial charge < -0.3 is 9.47 Å². The van der Waals surface area contributed by atoms with Gasteiger partial charge in [-0.1, -0.05) is 152 Å². The highest BCUT2D eigenvalue weighted by molar-refractivity contribution is 6.23. The lowest BCUT2D eigenvalue weighted by Crippen LogP contribution is -2.10. The highest BCUT2D eigenvalue weighted by atomic mass is 15.1. The van der Waals surface area contributed by atoms with Gasteiger partial charge in [-0.05, 0) is 103 Å². The topological polar surface area (TPSA) is 8.17 Å². The van der Waals surface area contributed by atoms with Crippen LogP contribution in [0.5, 0.6) is 0 Å². The zero-order chi connectivity index (χ0) is 35.6. The maximum Gasteiger partial charge on any atom is 0.0620 e. The van der Waals surface area contributed by atoms with Gasteiger partial charge in [0.1, 0.15) is 0 Å². The summed E-state index contributed by atoms with van der Waals surface area (Å²) in [5, 5.41) is 12.4. The molecule has 0 spiro atoms. The fourth-order valence-electron chi connectivity index (χ4n) is 8.57. The Morgan fingerprint density at radius 3 is 1.74 bits per heavy atom. The Kier molecular flexibility index (Phi) is 6.90. The van der Waals surface area contributed by atoms with Gasteiger partial charge in [0.15, 0.2) is 0 Å². The number of anilines is 3. The number of hydrogen-bond donors (Lipinski definition) is 0. The molecule has 0 aliphatic carbocycles. The molecular formula is C52H34N2. The van der Waals surface area contributed by atoms with Crippen molar-refractivity contribution in [2.24, 2.45) is 0 Å². The van der Waals surface area contributed by atoms with Crippen molar-refractivity contribution in [3.05, 3.63) is 206 Å². The quantitative estimate of drug-likeness (QED) is 0.164. The first-order valence-electron chi connectivity index (χ1n) is 18.6. The fourth-order valence-corrected chi connectivity index (χ4v) is 8.57. The Bertz CT molecular complexity index is 3210. The highest BCUT2D eigenvalue weighted by Gasteiger charge is 2.22. The van der Waals surface area contributed by atoms with Crippen molar-refractivity contribution in [3.8, 4) is 16.8 Å². The molecule has 0 amide bonds. The minimum atomic E-state index is 1.10. The molecule has 0 atom stereocenters. The average Bonchev–Trinajstić information content (AvgIpc) is 3.60. The highest BCUT2D eigenvalue weighted by Crippen LogP contribution is 2.46. The molecule has 0 N–H and O–H groups in total. The first kappa shape index (κ1) is 30.5. The molecule has 0 unspecified atom stereocenters. The SMILES string of the molecule is c1ccc(-n2c3cccc(N(c4ccc(-c5ccc6ccccc6c5)cc4)c4ccc5ccc6ccccc6c5c4)c3c3ccc4ccccc4c32)cc1. The summed E-state index contributed by atoms with van der Waals surface area (Å²) in [6, 6.07) is 75.4. The molecule has 2 nitrogen and oxygen atoms in total. The zero-order valence-corrected chi connectivity index (χ0v) is 29.5. The number of para-hydroxylation sites is 1. The van der Waals surface area contributed by atoms with Gasteiger partial charge in [0.25, 0.3) is 0 Å². The van der Waals surface area contributed by atoms with Crippen LogP contribution in [0.3, 0.4) is 0 Å². The number of fused-ring (bicyclic) bond motifs is 9. The van der Waals surface area contributed by atoms with Gasteiger partial charge in [0, 0.05) is 33.2 Å². The molecular weight excluding hydrogens is 653 g/mol. The minimum absolute atomic E-state index is 1.10. The van der Waals surface area contributed by atoms with Crippen LogP contribution in [-0.2, 0) is 0 Å². The van der Waals surface area contributed by atoms with Crippen molar-refractivity contribution in [1.82, 2.24) is 4.57 Å². The van der Waals surface area contributed by atoms with E-state index in [-0.39, 0.29) is 0 Å². The molecule has 10 aromatic carbocycles. The summed E-state index contributed by atoms with van der Waals surface area (Å²) in [6.45, 7) is 0. The lowest BCUT2D eigenvalue weighted by atomic mass is 9.99. The van der Waals surface area contributed by atoms with Crippen LogP contribution in [0.4, 0.5) is 17.1 Å². The Balaban J connectivity index is 1.19. The molecule has 0 radical (unpaired) electrons. The van der Waals surface area contributed by atoms with Crippen LogP contribution >= 0.6 is 0 Å². The number of benzene rings is 10. The van der Waals surface area contributed by atoms with Crippen LogP contribution in [0.15, 0.2) is 206 Å². The van der Waals surface area contributed by atoms with E-state index >= 15 is 0 Å². The van der Waals surface area contributed by atoms with E-state index < -0.39 is 0 Å². The van der Waals surface area contributed by atoms with Crippen LogP contribution in [0, 0.1) is 0 Å². The van der Waals surface area contributed by atoms with E-state index in [0.717, 1.165) is 22.7 Å². The van der Waals surface area contributed by atoms with Crippen LogP contribution < -0.4 is 4.90 Å². The number of hydrogen-bond acceptors (Lipinski definition) is 1. The van der Waals surface area contributed by atoms with E-state index in [4.69, 9.17) is 0 Å².